The molecule has 1 unspecified atom stereocenters. The Morgan fingerprint density at radius 3 is 2.30 bits per heavy atom. The van der Waals surface area contributed by atoms with Crippen LogP contribution in [-0.2, 0) is 4.79 Å². The first kappa shape index (κ1) is 17.1. The molecule has 1 amide bonds. The highest BCUT2D eigenvalue weighted by molar-refractivity contribution is 5.96. The van der Waals surface area contributed by atoms with Crippen LogP contribution in [0.3, 0.4) is 0 Å². The summed E-state index contributed by atoms with van der Waals surface area (Å²) in [6.45, 7) is 8.08. The number of para-hydroxylation sites is 1. The third kappa shape index (κ3) is 4.13. The average Bonchev–Trinajstić information content (AvgIpc) is 2.54. The van der Waals surface area contributed by atoms with E-state index in [-0.39, 0.29) is 5.91 Å². The smallest absolute Gasteiger partial charge is 0.267 e. The Morgan fingerprint density at radius 2 is 1.70 bits per heavy atom. The van der Waals surface area contributed by atoms with Gasteiger partial charge in [-0.3, -0.25) is 4.79 Å². The molecule has 0 bridgehead atoms. The van der Waals surface area contributed by atoms with Gasteiger partial charge in [-0.2, -0.15) is 0 Å². The number of carbonyl (C=O) groups is 1. The lowest BCUT2D eigenvalue weighted by Gasteiger charge is -2.24. The fourth-order valence-corrected chi connectivity index (χ4v) is 2.51. The number of hydrogen-bond acceptors (Lipinski definition) is 2. The van der Waals surface area contributed by atoms with Gasteiger partial charge in [0, 0.05) is 12.7 Å². The second kappa shape index (κ2) is 7.32. The van der Waals surface area contributed by atoms with Gasteiger partial charge in [0.1, 0.15) is 5.75 Å². The molecule has 0 N–H and O–H groups in total. The first-order chi connectivity index (χ1) is 10.9. The van der Waals surface area contributed by atoms with Gasteiger partial charge in [0.05, 0.1) is 0 Å². The molecular weight excluding hydrogens is 286 g/mol. The molecule has 0 heterocycles. The lowest BCUT2D eigenvalue weighted by atomic mass is 10.0. The number of likely N-dealkylation sites (N-methyl/N-ethyl adjacent to an activating group) is 1. The van der Waals surface area contributed by atoms with Gasteiger partial charge in [0.15, 0.2) is 6.10 Å². The molecule has 2 aromatic rings. The number of ether oxygens (including phenoxy) is 1. The SMILES string of the molecule is Cc1ccc(C(C)C)c(OC(C)C(=O)N(C)c2ccccc2)c1. The molecular formula is C20H25NO2. The van der Waals surface area contributed by atoms with E-state index in [9.17, 15) is 4.79 Å². The highest BCUT2D eigenvalue weighted by Crippen LogP contribution is 2.28. The van der Waals surface area contributed by atoms with Gasteiger partial charge in [-0.1, -0.05) is 44.2 Å². The highest BCUT2D eigenvalue weighted by Gasteiger charge is 2.21. The zero-order valence-electron chi connectivity index (χ0n) is 14.5. The molecule has 0 radical (unpaired) electrons. The Labute approximate surface area is 138 Å². The van der Waals surface area contributed by atoms with Crippen molar-refractivity contribution < 1.29 is 9.53 Å². The van der Waals surface area contributed by atoms with E-state index in [4.69, 9.17) is 4.74 Å². The van der Waals surface area contributed by atoms with Gasteiger partial charge in [-0.25, -0.2) is 0 Å². The predicted octanol–water partition coefficient (Wildman–Crippen LogP) is 4.55. The molecule has 2 aromatic carbocycles. The Kier molecular flexibility index (Phi) is 5.43. The molecule has 3 heteroatoms. The summed E-state index contributed by atoms with van der Waals surface area (Å²) in [6, 6.07) is 15.8. The van der Waals surface area contributed by atoms with Gasteiger partial charge in [-0.05, 0) is 49.1 Å². The molecule has 0 fully saturated rings. The summed E-state index contributed by atoms with van der Waals surface area (Å²) in [5, 5.41) is 0. The number of nitrogens with zero attached hydrogens (tertiary/aromatic N) is 1. The summed E-state index contributed by atoms with van der Waals surface area (Å²) in [7, 11) is 1.77. The Balaban J connectivity index is 2.17. The van der Waals surface area contributed by atoms with E-state index in [1.807, 2.05) is 43.3 Å². The maximum Gasteiger partial charge on any atom is 0.267 e. The number of rotatable bonds is 5. The number of amides is 1. The van der Waals surface area contributed by atoms with Crippen molar-refractivity contribution >= 4 is 11.6 Å². The van der Waals surface area contributed by atoms with Crippen LogP contribution in [-0.4, -0.2) is 19.1 Å². The van der Waals surface area contributed by atoms with Crippen molar-refractivity contribution in [3.05, 3.63) is 59.7 Å². The number of carbonyl (C=O) groups excluding carboxylic acids is 1. The van der Waals surface area contributed by atoms with Crippen LogP contribution in [0.15, 0.2) is 48.5 Å². The first-order valence-corrected chi connectivity index (χ1v) is 8.00. The molecule has 0 saturated carbocycles. The van der Waals surface area contributed by atoms with Crippen LogP contribution in [0.5, 0.6) is 5.75 Å². The first-order valence-electron chi connectivity index (χ1n) is 8.00. The van der Waals surface area contributed by atoms with E-state index in [1.165, 1.54) is 0 Å². The van der Waals surface area contributed by atoms with E-state index >= 15 is 0 Å². The summed E-state index contributed by atoms with van der Waals surface area (Å²) in [6.07, 6.45) is -0.542. The Bertz CT molecular complexity index is 665. The van der Waals surface area contributed by atoms with Crippen LogP contribution in [0.4, 0.5) is 5.69 Å². The van der Waals surface area contributed by atoms with Crippen LogP contribution in [0, 0.1) is 6.92 Å². The molecule has 0 aromatic heterocycles. The van der Waals surface area contributed by atoms with Gasteiger partial charge in [0.2, 0.25) is 0 Å². The third-order valence-corrected chi connectivity index (χ3v) is 3.92. The highest BCUT2D eigenvalue weighted by atomic mass is 16.5. The molecule has 0 aliphatic carbocycles. The number of aryl methyl sites for hydroxylation is 1. The van der Waals surface area contributed by atoms with E-state index in [2.05, 4.69) is 26.0 Å². The minimum absolute atomic E-state index is 0.0626. The summed E-state index contributed by atoms with van der Waals surface area (Å²) in [4.78, 5) is 14.2. The van der Waals surface area contributed by atoms with Crippen molar-refractivity contribution in [2.75, 3.05) is 11.9 Å². The molecule has 3 nitrogen and oxygen atoms in total. The van der Waals surface area contributed by atoms with E-state index < -0.39 is 6.10 Å². The lowest BCUT2D eigenvalue weighted by molar-refractivity contribution is -0.124. The maximum atomic E-state index is 12.6. The van der Waals surface area contributed by atoms with Crippen LogP contribution in [0.2, 0.25) is 0 Å². The number of anilines is 1. The molecule has 0 aliphatic rings. The quantitative estimate of drug-likeness (QED) is 0.811. The second-order valence-corrected chi connectivity index (χ2v) is 6.19. The second-order valence-electron chi connectivity index (χ2n) is 6.19. The van der Waals surface area contributed by atoms with Crippen molar-refractivity contribution in [1.82, 2.24) is 0 Å². The largest absolute Gasteiger partial charge is 0.481 e. The lowest BCUT2D eigenvalue weighted by Crippen LogP contribution is -2.38. The topological polar surface area (TPSA) is 29.5 Å². The van der Waals surface area contributed by atoms with Crippen molar-refractivity contribution in [3.63, 3.8) is 0 Å². The minimum atomic E-state index is -0.542. The zero-order valence-corrected chi connectivity index (χ0v) is 14.5. The third-order valence-electron chi connectivity index (χ3n) is 3.92. The fourth-order valence-electron chi connectivity index (χ4n) is 2.51. The Hall–Kier alpha value is -2.29. The van der Waals surface area contributed by atoms with Gasteiger partial charge in [-0.15, -0.1) is 0 Å². The maximum absolute atomic E-state index is 12.6. The number of benzene rings is 2. The van der Waals surface area contributed by atoms with E-state index in [1.54, 1.807) is 18.9 Å². The van der Waals surface area contributed by atoms with Crippen LogP contribution in [0.1, 0.15) is 37.8 Å². The Morgan fingerprint density at radius 1 is 1.04 bits per heavy atom. The van der Waals surface area contributed by atoms with Crippen LogP contribution >= 0.6 is 0 Å². The summed E-state index contributed by atoms with van der Waals surface area (Å²) < 4.78 is 6.00. The zero-order chi connectivity index (χ0) is 17.0. The van der Waals surface area contributed by atoms with Crippen LogP contribution in [0.25, 0.3) is 0 Å². The van der Waals surface area contributed by atoms with Crippen molar-refractivity contribution in [3.8, 4) is 5.75 Å². The molecule has 122 valence electrons. The molecule has 23 heavy (non-hydrogen) atoms. The normalized spacial score (nSPS) is 12.1. The molecule has 1 atom stereocenters. The van der Waals surface area contributed by atoms with E-state index in [0.29, 0.717) is 5.92 Å². The minimum Gasteiger partial charge on any atom is -0.481 e. The standard InChI is InChI=1S/C20H25NO2/c1-14(2)18-12-11-15(3)13-19(18)23-16(4)20(22)21(5)17-9-7-6-8-10-17/h6-14,16H,1-5H3. The van der Waals surface area contributed by atoms with Crippen molar-refractivity contribution in [2.24, 2.45) is 0 Å². The van der Waals surface area contributed by atoms with E-state index in [0.717, 1.165) is 22.6 Å². The monoisotopic (exact) mass is 311 g/mol. The van der Waals surface area contributed by atoms with Gasteiger partial charge < -0.3 is 9.64 Å². The summed E-state index contributed by atoms with van der Waals surface area (Å²) in [5.74, 6) is 1.08. The predicted molar refractivity (Wildman–Crippen MR) is 95.2 cm³/mol. The molecule has 2 rings (SSSR count). The average molecular weight is 311 g/mol. The van der Waals surface area contributed by atoms with Crippen molar-refractivity contribution in [2.45, 2.75) is 39.7 Å². The fraction of sp³-hybridized carbons (Fsp3) is 0.350. The van der Waals surface area contributed by atoms with Crippen molar-refractivity contribution in [1.29, 1.82) is 0 Å². The summed E-state index contributed by atoms with van der Waals surface area (Å²) >= 11 is 0. The number of hydrogen-bond donors (Lipinski definition) is 0. The van der Waals surface area contributed by atoms with Crippen LogP contribution < -0.4 is 9.64 Å². The summed E-state index contributed by atoms with van der Waals surface area (Å²) in [5.41, 5.74) is 3.11. The molecule has 0 spiro atoms. The van der Waals surface area contributed by atoms with Gasteiger partial charge in [0.25, 0.3) is 5.91 Å². The van der Waals surface area contributed by atoms with Gasteiger partial charge >= 0.3 is 0 Å². The molecule has 0 saturated heterocycles. The molecule has 0 aliphatic heterocycles.